The number of hydrogen-bond acceptors (Lipinski definition) is 2. The van der Waals surface area contributed by atoms with Crippen LogP contribution >= 0.6 is 0 Å². The molecule has 1 atom stereocenters. The maximum absolute atomic E-state index is 13.6. The van der Waals surface area contributed by atoms with Crippen molar-refractivity contribution in [1.29, 1.82) is 0 Å². The van der Waals surface area contributed by atoms with E-state index >= 15 is 0 Å². The Morgan fingerprint density at radius 2 is 1.93 bits per heavy atom. The summed E-state index contributed by atoms with van der Waals surface area (Å²) in [5.41, 5.74) is 0.922. The third kappa shape index (κ3) is 3.20. The Hall–Kier alpha value is -1.09. The van der Waals surface area contributed by atoms with Crippen molar-refractivity contribution in [2.24, 2.45) is 0 Å². The summed E-state index contributed by atoms with van der Waals surface area (Å²) < 4.78 is 18.9. The molecule has 3 heteroatoms. The van der Waals surface area contributed by atoms with Gasteiger partial charge in [-0.15, -0.1) is 0 Å². The molecule has 0 spiro atoms. The maximum atomic E-state index is 13.6. The summed E-state index contributed by atoms with van der Waals surface area (Å²) in [7, 11) is 1.85. The van der Waals surface area contributed by atoms with E-state index in [1.807, 2.05) is 33.9 Å². The first kappa shape index (κ1) is 12.0. The lowest BCUT2D eigenvalue weighted by Gasteiger charge is -2.14. The van der Waals surface area contributed by atoms with Crippen LogP contribution in [-0.4, -0.2) is 13.2 Å². The molecule has 0 aromatic heterocycles. The maximum Gasteiger partial charge on any atom is 0.165 e. The molecule has 1 aromatic rings. The van der Waals surface area contributed by atoms with Gasteiger partial charge in [0.25, 0.3) is 0 Å². The Kier molecular flexibility index (Phi) is 4.09. The minimum absolute atomic E-state index is 0.00734. The Bertz CT molecular complexity index is 325. The second-order valence-electron chi connectivity index (χ2n) is 3.87. The Morgan fingerprint density at radius 1 is 1.27 bits per heavy atom. The molecule has 2 nitrogen and oxygen atoms in total. The fourth-order valence-corrected chi connectivity index (χ4v) is 1.30. The average Bonchev–Trinajstić information content (AvgIpc) is 2.19. The first-order chi connectivity index (χ1) is 7.04. The molecule has 0 saturated carbocycles. The highest BCUT2D eigenvalue weighted by Gasteiger charge is 2.09. The number of halogens is 1. The molecule has 0 saturated heterocycles. The van der Waals surface area contributed by atoms with E-state index in [4.69, 9.17) is 4.74 Å². The fraction of sp³-hybridized carbons (Fsp3) is 0.500. The number of rotatable bonds is 4. The molecule has 0 bridgehead atoms. The fourth-order valence-electron chi connectivity index (χ4n) is 1.30. The molecule has 0 fully saturated rings. The summed E-state index contributed by atoms with van der Waals surface area (Å²) in [4.78, 5) is 0. The van der Waals surface area contributed by atoms with E-state index in [0.29, 0.717) is 5.75 Å². The number of nitrogens with one attached hydrogen (secondary N) is 1. The highest BCUT2D eigenvalue weighted by molar-refractivity contribution is 5.31. The molecule has 0 aliphatic carbocycles. The van der Waals surface area contributed by atoms with Gasteiger partial charge in [0.2, 0.25) is 0 Å². The highest BCUT2D eigenvalue weighted by atomic mass is 19.1. The monoisotopic (exact) mass is 211 g/mol. The van der Waals surface area contributed by atoms with Gasteiger partial charge < -0.3 is 10.1 Å². The zero-order valence-electron chi connectivity index (χ0n) is 9.67. The van der Waals surface area contributed by atoms with Crippen molar-refractivity contribution >= 4 is 0 Å². The van der Waals surface area contributed by atoms with E-state index in [1.165, 1.54) is 6.07 Å². The van der Waals surface area contributed by atoms with E-state index in [9.17, 15) is 4.39 Å². The lowest BCUT2D eigenvalue weighted by Crippen LogP contribution is -2.13. The van der Waals surface area contributed by atoms with E-state index in [-0.39, 0.29) is 18.0 Å². The van der Waals surface area contributed by atoms with Crippen LogP contribution in [-0.2, 0) is 0 Å². The van der Waals surface area contributed by atoms with Gasteiger partial charge in [0, 0.05) is 6.04 Å². The van der Waals surface area contributed by atoms with Gasteiger partial charge in [0.15, 0.2) is 11.6 Å². The smallest absolute Gasteiger partial charge is 0.165 e. The Balaban J connectivity index is 2.88. The molecule has 15 heavy (non-hydrogen) atoms. The van der Waals surface area contributed by atoms with Crippen LogP contribution in [0.25, 0.3) is 0 Å². The molecule has 84 valence electrons. The second-order valence-corrected chi connectivity index (χ2v) is 3.87. The Labute approximate surface area is 90.4 Å². The first-order valence-corrected chi connectivity index (χ1v) is 5.18. The van der Waals surface area contributed by atoms with Crippen molar-refractivity contribution in [3.63, 3.8) is 0 Å². The summed E-state index contributed by atoms with van der Waals surface area (Å²) >= 11 is 0. The van der Waals surface area contributed by atoms with Crippen LogP contribution in [0.4, 0.5) is 4.39 Å². The van der Waals surface area contributed by atoms with E-state index in [0.717, 1.165) is 5.56 Å². The third-order valence-corrected chi connectivity index (χ3v) is 2.25. The average molecular weight is 211 g/mol. The van der Waals surface area contributed by atoms with Crippen molar-refractivity contribution in [2.45, 2.75) is 32.9 Å². The Morgan fingerprint density at radius 3 is 2.40 bits per heavy atom. The topological polar surface area (TPSA) is 21.3 Å². The number of hydrogen-bond donors (Lipinski definition) is 1. The lowest BCUT2D eigenvalue weighted by atomic mass is 10.1. The normalized spacial score (nSPS) is 12.9. The summed E-state index contributed by atoms with van der Waals surface area (Å²) in [6.45, 7) is 5.74. The van der Waals surface area contributed by atoms with Gasteiger partial charge in [-0.25, -0.2) is 4.39 Å². The van der Waals surface area contributed by atoms with Gasteiger partial charge in [0.05, 0.1) is 6.10 Å². The van der Waals surface area contributed by atoms with Crippen molar-refractivity contribution < 1.29 is 9.13 Å². The lowest BCUT2D eigenvalue weighted by molar-refractivity contribution is 0.231. The minimum Gasteiger partial charge on any atom is -0.488 e. The molecule has 0 amide bonds. The second kappa shape index (κ2) is 5.12. The number of ether oxygens (including phenoxy) is 1. The first-order valence-electron chi connectivity index (χ1n) is 5.18. The van der Waals surface area contributed by atoms with Crippen molar-refractivity contribution in [3.8, 4) is 5.75 Å². The summed E-state index contributed by atoms with van der Waals surface area (Å²) in [6.07, 6.45) is -0.00734. The molecular formula is C12H18FNO. The van der Waals surface area contributed by atoms with Crippen LogP contribution in [0.3, 0.4) is 0 Å². The van der Waals surface area contributed by atoms with Crippen LogP contribution in [0.2, 0.25) is 0 Å². The SMILES string of the molecule is CNC(C)c1ccc(OC(C)C)c(F)c1. The molecule has 0 radical (unpaired) electrons. The molecular weight excluding hydrogens is 193 g/mol. The van der Waals surface area contributed by atoms with E-state index in [2.05, 4.69) is 5.32 Å². The van der Waals surface area contributed by atoms with Crippen molar-refractivity contribution in [2.75, 3.05) is 7.05 Å². The molecule has 1 aromatic carbocycles. The van der Waals surface area contributed by atoms with Crippen LogP contribution in [0.5, 0.6) is 5.75 Å². The van der Waals surface area contributed by atoms with Gasteiger partial charge in [-0.05, 0) is 45.5 Å². The predicted molar refractivity (Wildman–Crippen MR) is 59.6 cm³/mol. The quantitative estimate of drug-likeness (QED) is 0.826. The molecule has 1 N–H and O–H groups in total. The molecule has 1 unspecified atom stereocenters. The zero-order valence-corrected chi connectivity index (χ0v) is 9.67. The molecule has 0 aliphatic rings. The van der Waals surface area contributed by atoms with E-state index < -0.39 is 0 Å². The summed E-state index contributed by atoms with van der Waals surface area (Å²) in [5, 5.41) is 3.06. The minimum atomic E-state index is -0.302. The standard InChI is InChI=1S/C12H18FNO/c1-8(2)15-12-6-5-10(7-11(12)13)9(3)14-4/h5-9,14H,1-4H3. The van der Waals surface area contributed by atoms with Gasteiger partial charge in [-0.3, -0.25) is 0 Å². The van der Waals surface area contributed by atoms with Crippen LogP contribution in [0.15, 0.2) is 18.2 Å². The molecule has 0 aliphatic heterocycles. The third-order valence-electron chi connectivity index (χ3n) is 2.25. The molecule has 0 heterocycles. The van der Waals surface area contributed by atoms with E-state index in [1.54, 1.807) is 6.07 Å². The van der Waals surface area contributed by atoms with Crippen LogP contribution in [0.1, 0.15) is 32.4 Å². The van der Waals surface area contributed by atoms with Gasteiger partial charge >= 0.3 is 0 Å². The van der Waals surface area contributed by atoms with Crippen LogP contribution in [0, 0.1) is 5.82 Å². The number of benzene rings is 1. The zero-order chi connectivity index (χ0) is 11.4. The summed E-state index contributed by atoms with van der Waals surface area (Å²) in [6, 6.07) is 5.21. The van der Waals surface area contributed by atoms with Gasteiger partial charge in [-0.1, -0.05) is 6.07 Å². The van der Waals surface area contributed by atoms with Crippen LogP contribution < -0.4 is 10.1 Å². The predicted octanol–water partition coefficient (Wildman–Crippen LogP) is 2.89. The van der Waals surface area contributed by atoms with Crippen molar-refractivity contribution in [3.05, 3.63) is 29.6 Å². The van der Waals surface area contributed by atoms with Gasteiger partial charge in [-0.2, -0.15) is 0 Å². The largest absolute Gasteiger partial charge is 0.488 e. The van der Waals surface area contributed by atoms with Crippen molar-refractivity contribution in [1.82, 2.24) is 5.32 Å². The molecule has 1 rings (SSSR count). The highest BCUT2D eigenvalue weighted by Crippen LogP contribution is 2.22. The van der Waals surface area contributed by atoms with Gasteiger partial charge in [0.1, 0.15) is 0 Å². The summed E-state index contributed by atoms with van der Waals surface area (Å²) in [5.74, 6) is 0.0142.